The van der Waals surface area contributed by atoms with Crippen molar-refractivity contribution in [2.45, 2.75) is 11.6 Å². The molecule has 2 N–H and O–H groups in total. The smallest absolute Gasteiger partial charge is 0.341 e. The molecule has 0 saturated heterocycles. The van der Waals surface area contributed by atoms with Crippen LogP contribution in [-0.4, -0.2) is 35.7 Å². The highest BCUT2D eigenvalue weighted by molar-refractivity contribution is 7.89. The van der Waals surface area contributed by atoms with Gasteiger partial charge in [0.15, 0.2) is 11.6 Å². The number of sulfonamides is 1. The topological polar surface area (TPSA) is 111 Å². The summed E-state index contributed by atoms with van der Waals surface area (Å²) >= 11 is 0. The molecule has 0 fully saturated rings. The molecule has 0 aliphatic rings. The Bertz CT molecular complexity index is 769. The number of imidazole rings is 1. The molecule has 2 rings (SSSR count). The minimum Gasteiger partial charge on any atom is -0.482 e. The first kappa shape index (κ1) is 16.0. The van der Waals surface area contributed by atoms with Gasteiger partial charge in [-0.05, 0) is 17.7 Å². The highest BCUT2D eigenvalue weighted by Gasteiger charge is 2.16. The molecule has 0 bridgehead atoms. The van der Waals surface area contributed by atoms with Crippen LogP contribution in [0.2, 0.25) is 0 Å². The monoisotopic (exact) mass is 325 g/mol. The van der Waals surface area contributed by atoms with Crippen LogP contribution in [0, 0.1) is 0 Å². The van der Waals surface area contributed by atoms with Crippen LogP contribution in [0.4, 0.5) is 0 Å². The van der Waals surface area contributed by atoms with Gasteiger partial charge in [-0.3, -0.25) is 0 Å². The van der Waals surface area contributed by atoms with Crippen LogP contribution in [0.1, 0.15) is 5.56 Å². The molecule has 1 aromatic heterocycles. The molecule has 0 aliphatic carbocycles. The highest BCUT2D eigenvalue weighted by Crippen LogP contribution is 2.14. The summed E-state index contributed by atoms with van der Waals surface area (Å²) in [4.78, 5) is 14.2. The molecule has 0 amide bonds. The number of aliphatic carboxylic acids is 1. The minimum absolute atomic E-state index is 0.0448. The third kappa shape index (κ3) is 4.30. The van der Waals surface area contributed by atoms with Gasteiger partial charge in [0.1, 0.15) is 5.75 Å². The zero-order valence-corrected chi connectivity index (χ0v) is 12.6. The lowest BCUT2D eigenvalue weighted by Crippen LogP contribution is -2.23. The molecular formula is C13H15N3O5S. The lowest BCUT2D eigenvalue weighted by molar-refractivity contribution is -0.139. The Hall–Kier alpha value is -2.39. The number of benzene rings is 1. The summed E-state index contributed by atoms with van der Waals surface area (Å²) in [6.07, 6.45) is 2.80. The number of carboxylic acid groups (broad SMARTS) is 1. The normalized spacial score (nSPS) is 11.3. The van der Waals surface area contributed by atoms with E-state index in [1.54, 1.807) is 31.3 Å². The highest BCUT2D eigenvalue weighted by atomic mass is 32.2. The van der Waals surface area contributed by atoms with E-state index in [4.69, 9.17) is 9.84 Å². The number of ether oxygens (including phenoxy) is 1. The zero-order valence-electron chi connectivity index (χ0n) is 11.8. The molecule has 1 aromatic carbocycles. The molecule has 9 heteroatoms. The number of hydrogen-bond acceptors (Lipinski definition) is 5. The number of rotatable bonds is 7. The van der Waals surface area contributed by atoms with Gasteiger partial charge in [-0.15, -0.1) is 0 Å². The van der Waals surface area contributed by atoms with Gasteiger partial charge >= 0.3 is 5.97 Å². The molecule has 0 spiro atoms. The molecule has 1 heterocycles. The van der Waals surface area contributed by atoms with Crippen molar-refractivity contribution < 1.29 is 23.1 Å². The van der Waals surface area contributed by atoms with Crippen LogP contribution in [0.3, 0.4) is 0 Å². The SMILES string of the molecule is Cn1cnc(S(=O)(=O)NCc2cccc(OCC(=O)O)c2)c1. The summed E-state index contributed by atoms with van der Waals surface area (Å²) in [5.74, 6) is -0.724. The molecule has 0 atom stereocenters. The van der Waals surface area contributed by atoms with Crippen LogP contribution in [0.25, 0.3) is 0 Å². The number of carboxylic acids is 1. The van der Waals surface area contributed by atoms with Gasteiger partial charge in [0.25, 0.3) is 10.0 Å². The van der Waals surface area contributed by atoms with E-state index in [0.717, 1.165) is 0 Å². The molecule has 0 unspecified atom stereocenters. The van der Waals surface area contributed by atoms with Crippen molar-refractivity contribution in [2.24, 2.45) is 7.05 Å². The molecule has 2 aromatic rings. The fourth-order valence-corrected chi connectivity index (χ4v) is 2.67. The van der Waals surface area contributed by atoms with Gasteiger partial charge in [0.05, 0.1) is 6.33 Å². The van der Waals surface area contributed by atoms with Crippen molar-refractivity contribution in [2.75, 3.05) is 6.61 Å². The second kappa shape index (κ2) is 6.58. The fourth-order valence-electron chi connectivity index (χ4n) is 1.67. The lowest BCUT2D eigenvalue weighted by Gasteiger charge is -2.07. The number of carbonyl (C=O) groups is 1. The Labute approximate surface area is 127 Å². The Morgan fingerprint density at radius 2 is 2.23 bits per heavy atom. The van der Waals surface area contributed by atoms with E-state index in [1.807, 2.05) is 0 Å². The first-order valence-corrected chi connectivity index (χ1v) is 7.76. The maximum Gasteiger partial charge on any atom is 0.341 e. The maximum atomic E-state index is 12.0. The second-order valence-electron chi connectivity index (χ2n) is 4.53. The van der Waals surface area contributed by atoms with Crippen molar-refractivity contribution in [3.63, 3.8) is 0 Å². The van der Waals surface area contributed by atoms with E-state index in [2.05, 4.69) is 9.71 Å². The van der Waals surface area contributed by atoms with Crippen LogP contribution in [0.5, 0.6) is 5.75 Å². The van der Waals surface area contributed by atoms with Crippen LogP contribution in [0.15, 0.2) is 41.8 Å². The van der Waals surface area contributed by atoms with Crippen molar-refractivity contribution >= 4 is 16.0 Å². The van der Waals surface area contributed by atoms with E-state index >= 15 is 0 Å². The Kier molecular flexibility index (Phi) is 4.78. The van der Waals surface area contributed by atoms with Gasteiger partial charge in [-0.2, -0.15) is 0 Å². The first-order valence-electron chi connectivity index (χ1n) is 6.28. The van der Waals surface area contributed by atoms with Crippen molar-refractivity contribution in [3.05, 3.63) is 42.4 Å². The van der Waals surface area contributed by atoms with Crippen LogP contribution in [-0.2, 0) is 28.4 Å². The number of aromatic nitrogens is 2. The van der Waals surface area contributed by atoms with E-state index in [0.29, 0.717) is 11.3 Å². The maximum absolute atomic E-state index is 12.0. The molecule has 8 nitrogen and oxygen atoms in total. The van der Waals surface area contributed by atoms with Crippen molar-refractivity contribution in [1.29, 1.82) is 0 Å². The van der Waals surface area contributed by atoms with Gasteiger partial charge in [0.2, 0.25) is 0 Å². The Balaban J connectivity index is 2.02. The summed E-state index contributed by atoms with van der Waals surface area (Å²) < 4.78 is 33.0. The Morgan fingerprint density at radius 3 is 2.86 bits per heavy atom. The summed E-state index contributed by atoms with van der Waals surface area (Å²) in [5.41, 5.74) is 0.641. The van der Waals surface area contributed by atoms with E-state index in [1.165, 1.54) is 17.1 Å². The molecule has 0 saturated carbocycles. The number of nitrogens with zero attached hydrogens (tertiary/aromatic N) is 2. The number of nitrogens with one attached hydrogen (secondary N) is 1. The molecule has 22 heavy (non-hydrogen) atoms. The standard InChI is InChI=1S/C13H15N3O5S/c1-16-7-12(14-9-16)22(19,20)15-6-10-3-2-4-11(5-10)21-8-13(17)18/h2-5,7,9,15H,6,8H2,1H3,(H,17,18). The summed E-state index contributed by atoms with van der Waals surface area (Å²) in [7, 11) is -2.02. The quantitative estimate of drug-likeness (QED) is 0.760. The first-order chi connectivity index (χ1) is 10.4. The molecule has 118 valence electrons. The van der Waals surface area contributed by atoms with E-state index < -0.39 is 22.6 Å². The van der Waals surface area contributed by atoms with E-state index in [9.17, 15) is 13.2 Å². The summed E-state index contributed by atoms with van der Waals surface area (Å²) in [5, 5.41) is 8.49. The predicted molar refractivity (Wildman–Crippen MR) is 76.8 cm³/mol. The van der Waals surface area contributed by atoms with E-state index in [-0.39, 0.29) is 11.6 Å². The van der Waals surface area contributed by atoms with Gasteiger partial charge < -0.3 is 14.4 Å². The van der Waals surface area contributed by atoms with Gasteiger partial charge in [-0.1, -0.05) is 12.1 Å². The predicted octanol–water partition coefficient (Wildman–Crippen LogP) is 0.362. The largest absolute Gasteiger partial charge is 0.482 e. The van der Waals surface area contributed by atoms with Gasteiger partial charge in [-0.25, -0.2) is 22.9 Å². The van der Waals surface area contributed by atoms with Crippen LogP contribution < -0.4 is 9.46 Å². The van der Waals surface area contributed by atoms with Crippen LogP contribution >= 0.6 is 0 Å². The fraction of sp³-hybridized carbons (Fsp3) is 0.231. The van der Waals surface area contributed by atoms with Gasteiger partial charge in [0, 0.05) is 19.8 Å². The average molecular weight is 325 g/mol. The number of aryl methyl sites for hydroxylation is 1. The Morgan fingerprint density at radius 1 is 1.45 bits per heavy atom. The third-order valence-corrected chi connectivity index (χ3v) is 3.97. The summed E-state index contributed by atoms with van der Waals surface area (Å²) in [6.45, 7) is -0.410. The van der Waals surface area contributed by atoms with Crippen molar-refractivity contribution in [3.8, 4) is 5.75 Å². The molecular weight excluding hydrogens is 310 g/mol. The molecule has 0 aliphatic heterocycles. The average Bonchev–Trinajstić information content (AvgIpc) is 2.91. The molecule has 0 radical (unpaired) electrons. The number of hydrogen-bond donors (Lipinski definition) is 2. The zero-order chi connectivity index (χ0) is 16.2. The minimum atomic E-state index is -3.69. The van der Waals surface area contributed by atoms with Crippen molar-refractivity contribution in [1.82, 2.24) is 14.3 Å². The lowest BCUT2D eigenvalue weighted by atomic mass is 10.2. The summed E-state index contributed by atoms with van der Waals surface area (Å²) in [6, 6.07) is 6.53. The third-order valence-electron chi connectivity index (χ3n) is 2.68. The second-order valence-corrected chi connectivity index (χ2v) is 6.25.